The van der Waals surface area contributed by atoms with Gasteiger partial charge in [0.15, 0.2) is 0 Å². The largest absolute Gasteiger partial charge is 0.489 e. The number of benzene rings is 3. The van der Waals surface area contributed by atoms with Crippen molar-refractivity contribution in [3.8, 4) is 11.5 Å². The summed E-state index contributed by atoms with van der Waals surface area (Å²) in [5, 5.41) is 13.5. The molecule has 3 aromatic carbocycles. The number of rotatable bonds is 11. The monoisotopic (exact) mass is 462 g/mol. The van der Waals surface area contributed by atoms with Crippen molar-refractivity contribution in [2.75, 3.05) is 0 Å². The van der Waals surface area contributed by atoms with Crippen LogP contribution in [0, 0.1) is 10.1 Å². The predicted octanol–water partition coefficient (Wildman–Crippen LogP) is 4.61. The van der Waals surface area contributed by atoms with Gasteiger partial charge in [-0.25, -0.2) is 4.79 Å². The third-order valence-corrected chi connectivity index (χ3v) is 4.97. The van der Waals surface area contributed by atoms with Crippen molar-refractivity contribution in [1.82, 2.24) is 5.32 Å². The van der Waals surface area contributed by atoms with E-state index in [1.165, 1.54) is 24.3 Å². The summed E-state index contributed by atoms with van der Waals surface area (Å²) >= 11 is 0. The summed E-state index contributed by atoms with van der Waals surface area (Å²) in [5.74, 6) is -0.0543. The molecule has 0 aliphatic carbocycles. The van der Waals surface area contributed by atoms with Crippen LogP contribution in [0.2, 0.25) is 0 Å². The maximum Gasteiger partial charge on any atom is 0.334 e. The van der Waals surface area contributed by atoms with Gasteiger partial charge in [0.1, 0.15) is 24.1 Å². The molecule has 0 fully saturated rings. The SMILES string of the molecule is CCCC(=O)N[C@@H](Cc1ccc(OCc2ccccc2)cc1)C(=O)Oc1ccc([N+](=O)[O-])cc1. The van der Waals surface area contributed by atoms with Gasteiger partial charge in [-0.3, -0.25) is 14.9 Å². The van der Waals surface area contributed by atoms with E-state index in [-0.39, 0.29) is 30.2 Å². The third-order valence-electron chi connectivity index (χ3n) is 4.97. The summed E-state index contributed by atoms with van der Waals surface area (Å²) in [7, 11) is 0. The van der Waals surface area contributed by atoms with Crippen LogP contribution < -0.4 is 14.8 Å². The first-order valence-electron chi connectivity index (χ1n) is 11.0. The van der Waals surface area contributed by atoms with E-state index in [0.717, 1.165) is 11.1 Å². The Bertz CT molecular complexity index is 1100. The van der Waals surface area contributed by atoms with Gasteiger partial charge in [-0.2, -0.15) is 0 Å². The van der Waals surface area contributed by atoms with Crippen LogP contribution in [0.1, 0.15) is 30.9 Å². The highest BCUT2D eigenvalue weighted by atomic mass is 16.6. The smallest absolute Gasteiger partial charge is 0.334 e. The average molecular weight is 463 g/mol. The van der Waals surface area contributed by atoms with Gasteiger partial charge in [-0.05, 0) is 41.8 Å². The van der Waals surface area contributed by atoms with Crippen LogP contribution in [-0.2, 0) is 22.6 Å². The lowest BCUT2D eigenvalue weighted by molar-refractivity contribution is -0.384. The van der Waals surface area contributed by atoms with Crippen LogP contribution in [0.15, 0.2) is 78.9 Å². The molecule has 0 spiro atoms. The summed E-state index contributed by atoms with van der Waals surface area (Å²) < 4.78 is 11.2. The number of amides is 1. The number of carbonyl (C=O) groups excluding carboxylic acids is 2. The quantitative estimate of drug-likeness (QED) is 0.193. The van der Waals surface area contributed by atoms with Crippen LogP contribution in [-0.4, -0.2) is 22.8 Å². The number of nitrogens with zero attached hydrogens (tertiary/aromatic N) is 1. The molecule has 3 aromatic rings. The molecular weight excluding hydrogens is 436 g/mol. The molecule has 0 radical (unpaired) electrons. The number of nitro benzene ring substituents is 1. The lowest BCUT2D eigenvalue weighted by Crippen LogP contribution is -2.44. The minimum Gasteiger partial charge on any atom is -0.489 e. The second-order valence-electron chi connectivity index (χ2n) is 7.66. The molecule has 0 saturated heterocycles. The highest BCUT2D eigenvalue weighted by Gasteiger charge is 2.23. The van der Waals surface area contributed by atoms with Gasteiger partial charge in [0.2, 0.25) is 5.91 Å². The highest BCUT2D eigenvalue weighted by Crippen LogP contribution is 2.19. The molecule has 34 heavy (non-hydrogen) atoms. The standard InChI is InChI=1S/C26H26N2O6/c1-2-6-25(29)27-24(26(30)34-23-15-11-21(12-16-23)28(31)32)17-19-9-13-22(14-10-19)33-18-20-7-4-3-5-8-20/h3-5,7-16,24H,2,6,17-18H2,1H3,(H,27,29)/t24-/m0/s1. The second kappa shape index (κ2) is 12.2. The molecule has 0 aliphatic rings. The first kappa shape index (κ1) is 24.4. The van der Waals surface area contributed by atoms with Gasteiger partial charge in [0.25, 0.3) is 5.69 Å². The van der Waals surface area contributed by atoms with Crippen molar-refractivity contribution in [3.63, 3.8) is 0 Å². The molecule has 8 nitrogen and oxygen atoms in total. The molecule has 8 heteroatoms. The number of hydrogen-bond donors (Lipinski definition) is 1. The van der Waals surface area contributed by atoms with Crippen LogP contribution in [0.5, 0.6) is 11.5 Å². The summed E-state index contributed by atoms with van der Waals surface area (Å²) in [4.78, 5) is 35.3. The molecule has 0 bridgehead atoms. The van der Waals surface area contributed by atoms with Gasteiger partial charge in [-0.1, -0.05) is 49.4 Å². The summed E-state index contributed by atoms with van der Waals surface area (Å²) in [6.07, 6.45) is 1.15. The van der Waals surface area contributed by atoms with Crippen molar-refractivity contribution >= 4 is 17.6 Å². The lowest BCUT2D eigenvalue weighted by Gasteiger charge is -2.18. The van der Waals surface area contributed by atoms with Crippen molar-refractivity contribution in [3.05, 3.63) is 100 Å². The number of ether oxygens (including phenoxy) is 2. The number of non-ortho nitro benzene ring substituents is 1. The van der Waals surface area contributed by atoms with Crippen molar-refractivity contribution < 1.29 is 24.0 Å². The Morgan fingerprint density at radius 3 is 2.18 bits per heavy atom. The lowest BCUT2D eigenvalue weighted by atomic mass is 10.1. The van der Waals surface area contributed by atoms with Gasteiger partial charge in [-0.15, -0.1) is 0 Å². The molecule has 0 unspecified atom stereocenters. The number of nitro groups is 1. The van der Waals surface area contributed by atoms with E-state index in [1.807, 2.05) is 61.5 Å². The Morgan fingerprint density at radius 1 is 0.912 bits per heavy atom. The summed E-state index contributed by atoms with van der Waals surface area (Å²) in [5.41, 5.74) is 1.76. The zero-order valence-electron chi connectivity index (χ0n) is 18.8. The minimum atomic E-state index is -0.912. The maximum absolute atomic E-state index is 12.8. The normalized spacial score (nSPS) is 11.3. The van der Waals surface area contributed by atoms with Gasteiger partial charge >= 0.3 is 5.97 Å². The van der Waals surface area contributed by atoms with Crippen molar-refractivity contribution in [2.24, 2.45) is 0 Å². The molecule has 176 valence electrons. The molecule has 0 heterocycles. The van der Waals surface area contributed by atoms with Gasteiger partial charge in [0, 0.05) is 25.0 Å². The van der Waals surface area contributed by atoms with E-state index in [2.05, 4.69) is 5.32 Å². The van der Waals surface area contributed by atoms with E-state index in [9.17, 15) is 19.7 Å². The van der Waals surface area contributed by atoms with Crippen LogP contribution >= 0.6 is 0 Å². The Balaban J connectivity index is 1.65. The molecule has 1 atom stereocenters. The number of esters is 1. The van der Waals surface area contributed by atoms with E-state index in [1.54, 1.807) is 0 Å². The molecule has 1 N–H and O–H groups in total. The number of hydrogen-bond acceptors (Lipinski definition) is 6. The zero-order valence-corrected chi connectivity index (χ0v) is 18.8. The fourth-order valence-electron chi connectivity index (χ4n) is 3.21. The van der Waals surface area contributed by atoms with E-state index < -0.39 is 16.9 Å². The Labute approximate surface area is 197 Å². The molecule has 0 aromatic heterocycles. The first-order chi connectivity index (χ1) is 16.4. The maximum atomic E-state index is 12.8. The Kier molecular flexibility index (Phi) is 8.73. The first-order valence-corrected chi connectivity index (χ1v) is 11.0. The fraction of sp³-hybridized carbons (Fsp3) is 0.231. The van der Waals surface area contributed by atoms with E-state index in [4.69, 9.17) is 9.47 Å². The van der Waals surface area contributed by atoms with E-state index >= 15 is 0 Å². The second-order valence-corrected chi connectivity index (χ2v) is 7.66. The predicted molar refractivity (Wildman–Crippen MR) is 126 cm³/mol. The van der Waals surface area contributed by atoms with Crippen molar-refractivity contribution in [2.45, 2.75) is 38.8 Å². The zero-order chi connectivity index (χ0) is 24.3. The fourth-order valence-corrected chi connectivity index (χ4v) is 3.21. The Hall–Kier alpha value is -4.20. The summed E-state index contributed by atoms with van der Waals surface area (Å²) in [6, 6.07) is 21.4. The van der Waals surface area contributed by atoms with Crippen LogP contribution in [0.4, 0.5) is 5.69 Å². The van der Waals surface area contributed by atoms with E-state index in [0.29, 0.717) is 18.8 Å². The summed E-state index contributed by atoms with van der Waals surface area (Å²) in [6.45, 7) is 2.31. The molecule has 3 rings (SSSR count). The Morgan fingerprint density at radius 2 is 1.56 bits per heavy atom. The van der Waals surface area contributed by atoms with Crippen molar-refractivity contribution in [1.29, 1.82) is 0 Å². The van der Waals surface area contributed by atoms with Crippen LogP contribution in [0.3, 0.4) is 0 Å². The topological polar surface area (TPSA) is 108 Å². The molecule has 0 aliphatic heterocycles. The van der Waals surface area contributed by atoms with Gasteiger partial charge < -0.3 is 14.8 Å². The van der Waals surface area contributed by atoms with Gasteiger partial charge in [0.05, 0.1) is 4.92 Å². The molecule has 1 amide bonds. The average Bonchev–Trinajstić information content (AvgIpc) is 2.84. The number of carbonyl (C=O) groups is 2. The molecular formula is C26H26N2O6. The minimum absolute atomic E-state index is 0.109. The van der Waals surface area contributed by atoms with Crippen LogP contribution in [0.25, 0.3) is 0 Å². The molecule has 0 saturated carbocycles. The third kappa shape index (κ3) is 7.44. The highest BCUT2D eigenvalue weighted by molar-refractivity contribution is 5.85. The number of nitrogens with one attached hydrogen (secondary N) is 1.